The SMILES string of the molecule is O=C(Nc1ccccc1C(=O)C(=O)c1ccccc1)c1ccc([N+](=O)[O-])cc1. The van der Waals surface area contributed by atoms with Crippen LogP contribution in [0, 0.1) is 10.1 Å². The molecule has 0 aliphatic heterocycles. The van der Waals surface area contributed by atoms with Gasteiger partial charge in [0.2, 0.25) is 11.6 Å². The molecule has 0 unspecified atom stereocenters. The molecule has 28 heavy (non-hydrogen) atoms. The summed E-state index contributed by atoms with van der Waals surface area (Å²) >= 11 is 0. The van der Waals surface area contributed by atoms with E-state index in [0.717, 1.165) is 0 Å². The molecule has 0 aromatic heterocycles. The molecule has 7 heteroatoms. The summed E-state index contributed by atoms with van der Waals surface area (Å²) in [5.74, 6) is -1.98. The van der Waals surface area contributed by atoms with Crippen LogP contribution in [0.25, 0.3) is 0 Å². The van der Waals surface area contributed by atoms with Gasteiger partial charge in [0.15, 0.2) is 0 Å². The van der Waals surface area contributed by atoms with Crippen molar-refractivity contribution in [2.24, 2.45) is 0 Å². The van der Waals surface area contributed by atoms with Gasteiger partial charge in [-0.1, -0.05) is 42.5 Å². The number of non-ortho nitro benzene ring substituents is 1. The van der Waals surface area contributed by atoms with E-state index >= 15 is 0 Å². The minimum Gasteiger partial charge on any atom is -0.321 e. The fourth-order valence-electron chi connectivity index (χ4n) is 2.56. The maximum Gasteiger partial charge on any atom is 0.269 e. The van der Waals surface area contributed by atoms with E-state index in [1.54, 1.807) is 30.3 Å². The highest BCUT2D eigenvalue weighted by Crippen LogP contribution is 2.20. The second-order valence-electron chi connectivity index (χ2n) is 5.83. The van der Waals surface area contributed by atoms with Crippen molar-refractivity contribution in [3.05, 3.63) is 106 Å². The molecule has 0 heterocycles. The quantitative estimate of drug-likeness (QED) is 0.305. The van der Waals surface area contributed by atoms with Gasteiger partial charge >= 0.3 is 0 Å². The molecular formula is C21H14N2O5. The van der Waals surface area contributed by atoms with E-state index in [9.17, 15) is 24.5 Å². The first-order valence-electron chi connectivity index (χ1n) is 8.26. The van der Waals surface area contributed by atoms with E-state index < -0.39 is 22.4 Å². The van der Waals surface area contributed by atoms with Gasteiger partial charge < -0.3 is 5.32 Å². The topological polar surface area (TPSA) is 106 Å². The van der Waals surface area contributed by atoms with Crippen LogP contribution in [0.2, 0.25) is 0 Å². The molecule has 3 aromatic carbocycles. The van der Waals surface area contributed by atoms with Crippen molar-refractivity contribution in [3.63, 3.8) is 0 Å². The van der Waals surface area contributed by atoms with E-state index in [4.69, 9.17) is 0 Å². The zero-order valence-corrected chi connectivity index (χ0v) is 14.5. The molecule has 0 atom stereocenters. The standard InChI is InChI=1S/C21H14N2O5/c24-19(14-6-2-1-3-7-14)20(25)17-8-4-5-9-18(17)22-21(26)15-10-12-16(13-11-15)23(27)28/h1-13H,(H,22,26). The molecule has 1 N–H and O–H groups in total. The molecule has 3 rings (SSSR count). The summed E-state index contributed by atoms with van der Waals surface area (Å²) in [5.41, 5.74) is 0.540. The lowest BCUT2D eigenvalue weighted by molar-refractivity contribution is -0.384. The first-order valence-corrected chi connectivity index (χ1v) is 8.26. The third-order valence-corrected chi connectivity index (χ3v) is 4.00. The highest BCUT2D eigenvalue weighted by molar-refractivity contribution is 6.50. The first-order chi connectivity index (χ1) is 13.5. The number of nitrogens with zero attached hydrogens (tertiary/aromatic N) is 1. The number of Topliss-reactive ketones (excluding diaryl/α,β-unsaturated/α-hetero) is 2. The molecule has 0 radical (unpaired) electrons. The number of nitro groups is 1. The van der Waals surface area contributed by atoms with Gasteiger partial charge in [-0.2, -0.15) is 0 Å². The smallest absolute Gasteiger partial charge is 0.269 e. The Morgan fingerprint density at radius 3 is 1.96 bits per heavy atom. The van der Waals surface area contributed by atoms with E-state index in [1.807, 2.05) is 0 Å². The van der Waals surface area contributed by atoms with Crippen molar-refractivity contribution >= 4 is 28.8 Å². The Labute approximate surface area is 159 Å². The lowest BCUT2D eigenvalue weighted by Gasteiger charge is -2.10. The van der Waals surface area contributed by atoms with Crippen LogP contribution in [0.1, 0.15) is 31.1 Å². The van der Waals surface area contributed by atoms with Gasteiger partial charge in [0, 0.05) is 28.8 Å². The lowest BCUT2D eigenvalue weighted by atomic mass is 10.00. The number of anilines is 1. The van der Waals surface area contributed by atoms with Gasteiger partial charge in [-0.05, 0) is 24.3 Å². The average Bonchev–Trinajstić information content (AvgIpc) is 2.73. The lowest BCUT2D eigenvalue weighted by Crippen LogP contribution is -2.19. The first kappa shape index (κ1) is 18.7. The Hall–Kier alpha value is -4.13. The molecular weight excluding hydrogens is 360 g/mol. The predicted molar refractivity (Wildman–Crippen MR) is 103 cm³/mol. The third kappa shape index (κ3) is 3.99. The number of amides is 1. The zero-order chi connectivity index (χ0) is 20.1. The van der Waals surface area contributed by atoms with Gasteiger partial charge in [-0.15, -0.1) is 0 Å². The highest BCUT2D eigenvalue weighted by Gasteiger charge is 2.22. The Morgan fingerprint density at radius 1 is 0.714 bits per heavy atom. The Morgan fingerprint density at radius 2 is 1.32 bits per heavy atom. The van der Waals surface area contributed by atoms with Crippen LogP contribution in [-0.2, 0) is 0 Å². The number of nitrogens with one attached hydrogen (secondary N) is 1. The molecule has 138 valence electrons. The van der Waals surface area contributed by atoms with Gasteiger partial charge in [0.1, 0.15) is 0 Å². The van der Waals surface area contributed by atoms with Crippen molar-refractivity contribution in [2.75, 3.05) is 5.32 Å². The van der Waals surface area contributed by atoms with E-state index in [-0.39, 0.29) is 28.1 Å². The molecule has 0 saturated carbocycles. The van der Waals surface area contributed by atoms with Crippen LogP contribution < -0.4 is 5.32 Å². The van der Waals surface area contributed by atoms with Gasteiger partial charge in [0.25, 0.3) is 11.6 Å². The molecule has 0 saturated heterocycles. The Balaban J connectivity index is 1.84. The number of para-hydroxylation sites is 1. The number of benzene rings is 3. The summed E-state index contributed by atoms with van der Waals surface area (Å²) in [4.78, 5) is 47.6. The summed E-state index contributed by atoms with van der Waals surface area (Å²) in [6.45, 7) is 0. The van der Waals surface area contributed by atoms with Crippen LogP contribution in [0.3, 0.4) is 0 Å². The molecule has 0 fully saturated rings. The maximum atomic E-state index is 12.6. The second kappa shape index (κ2) is 8.05. The number of hydrogen-bond acceptors (Lipinski definition) is 5. The molecule has 0 aliphatic carbocycles. The van der Waals surface area contributed by atoms with Crippen molar-refractivity contribution < 1.29 is 19.3 Å². The van der Waals surface area contributed by atoms with E-state index in [0.29, 0.717) is 0 Å². The molecule has 0 aliphatic rings. The number of rotatable bonds is 6. The fraction of sp³-hybridized carbons (Fsp3) is 0. The molecule has 7 nitrogen and oxygen atoms in total. The summed E-state index contributed by atoms with van der Waals surface area (Å²) in [6, 6.07) is 19.4. The predicted octanol–water partition coefficient (Wildman–Crippen LogP) is 3.91. The third-order valence-electron chi connectivity index (χ3n) is 4.00. The van der Waals surface area contributed by atoms with Crippen LogP contribution >= 0.6 is 0 Å². The van der Waals surface area contributed by atoms with Gasteiger partial charge in [-0.25, -0.2) is 0 Å². The number of nitro benzene ring substituents is 1. The van der Waals surface area contributed by atoms with E-state index in [1.165, 1.54) is 48.5 Å². The van der Waals surface area contributed by atoms with Crippen LogP contribution in [0.4, 0.5) is 11.4 Å². The minimum atomic E-state index is -0.745. The number of ketones is 2. The van der Waals surface area contributed by atoms with Gasteiger partial charge in [-0.3, -0.25) is 24.5 Å². The van der Waals surface area contributed by atoms with Crippen molar-refractivity contribution in [3.8, 4) is 0 Å². The monoisotopic (exact) mass is 374 g/mol. The Bertz CT molecular complexity index is 1060. The largest absolute Gasteiger partial charge is 0.321 e. The summed E-state index contributed by atoms with van der Waals surface area (Å²) in [7, 11) is 0. The second-order valence-corrected chi connectivity index (χ2v) is 5.83. The summed E-state index contributed by atoms with van der Waals surface area (Å²) in [6.07, 6.45) is 0. The average molecular weight is 374 g/mol. The van der Waals surface area contributed by atoms with Crippen molar-refractivity contribution in [1.29, 1.82) is 0 Å². The maximum absolute atomic E-state index is 12.6. The molecule has 0 bridgehead atoms. The van der Waals surface area contributed by atoms with Crippen LogP contribution in [0.5, 0.6) is 0 Å². The minimum absolute atomic E-state index is 0.0617. The van der Waals surface area contributed by atoms with Gasteiger partial charge in [0.05, 0.1) is 10.6 Å². The van der Waals surface area contributed by atoms with Crippen molar-refractivity contribution in [2.45, 2.75) is 0 Å². The van der Waals surface area contributed by atoms with Crippen LogP contribution in [-0.4, -0.2) is 22.4 Å². The molecule has 1 amide bonds. The van der Waals surface area contributed by atoms with E-state index in [2.05, 4.69) is 5.32 Å². The summed E-state index contributed by atoms with van der Waals surface area (Å²) < 4.78 is 0. The van der Waals surface area contributed by atoms with Crippen molar-refractivity contribution in [1.82, 2.24) is 0 Å². The molecule has 3 aromatic rings. The zero-order valence-electron chi connectivity index (χ0n) is 14.5. The Kier molecular flexibility index (Phi) is 5.36. The van der Waals surface area contributed by atoms with Crippen LogP contribution in [0.15, 0.2) is 78.9 Å². The molecule has 0 spiro atoms. The fourth-order valence-corrected chi connectivity index (χ4v) is 2.56. The summed E-state index contributed by atoms with van der Waals surface area (Å²) in [5, 5.41) is 13.3. The normalized spacial score (nSPS) is 10.1. The number of carbonyl (C=O) groups excluding carboxylic acids is 3. The number of hydrogen-bond donors (Lipinski definition) is 1. The number of carbonyl (C=O) groups is 3. The highest BCUT2D eigenvalue weighted by atomic mass is 16.6.